The van der Waals surface area contributed by atoms with E-state index in [-0.39, 0.29) is 5.41 Å². The third-order valence-corrected chi connectivity index (χ3v) is 8.40. The van der Waals surface area contributed by atoms with E-state index in [1.807, 2.05) is 73.6 Å². The van der Waals surface area contributed by atoms with Crippen LogP contribution in [0.4, 0.5) is 5.69 Å². The molecule has 0 amide bonds. The molecule has 1 unspecified atom stereocenters. The normalized spacial score (nSPS) is 20.1. The van der Waals surface area contributed by atoms with Gasteiger partial charge in [0.2, 0.25) is 10.0 Å². The van der Waals surface area contributed by atoms with E-state index in [2.05, 4.69) is 6.92 Å². The summed E-state index contributed by atoms with van der Waals surface area (Å²) in [6.07, 6.45) is 2.69. The van der Waals surface area contributed by atoms with Gasteiger partial charge in [0, 0.05) is 48.7 Å². The Kier molecular flexibility index (Phi) is 6.03. The minimum atomic E-state index is -3.61. The van der Waals surface area contributed by atoms with E-state index in [0.717, 1.165) is 40.7 Å². The monoisotopic (exact) mass is 456 g/mol. The Bertz CT molecular complexity index is 1190. The molecule has 0 aliphatic carbocycles. The van der Waals surface area contributed by atoms with Crippen molar-refractivity contribution in [3.8, 4) is 0 Å². The fourth-order valence-corrected chi connectivity index (χ4v) is 6.69. The predicted octanol–water partition coefficient (Wildman–Crippen LogP) is 5.59. The Morgan fingerprint density at radius 1 is 1.00 bits per heavy atom. The molecule has 3 aromatic carbocycles. The fourth-order valence-electron chi connectivity index (χ4n) is 4.73. The number of anilines is 1. The molecule has 0 saturated carbocycles. The third-order valence-electron chi connectivity index (χ3n) is 6.25. The lowest BCUT2D eigenvalue weighted by atomic mass is 9.78. The molecule has 4 nitrogen and oxygen atoms in total. The molecule has 4 rings (SSSR count). The maximum atomic E-state index is 13.8. The van der Waals surface area contributed by atoms with E-state index in [1.54, 1.807) is 10.4 Å². The Labute approximate surface area is 190 Å². The Morgan fingerprint density at radius 3 is 2.39 bits per heavy atom. The fraction of sp³-hybridized carbons (Fsp3) is 0.360. The van der Waals surface area contributed by atoms with Crippen LogP contribution in [0.15, 0.2) is 65.6 Å². The first-order valence-corrected chi connectivity index (χ1v) is 12.5. The number of rotatable bonds is 5. The second-order valence-electron chi connectivity index (χ2n) is 9.08. The number of piperidine rings is 1. The van der Waals surface area contributed by atoms with Gasteiger partial charge >= 0.3 is 0 Å². The summed E-state index contributed by atoms with van der Waals surface area (Å²) in [7, 11) is 0.343. The molecular weight excluding hydrogens is 428 g/mol. The van der Waals surface area contributed by atoms with Crippen LogP contribution in [0.25, 0.3) is 10.8 Å². The summed E-state index contributed by atoms with van der Waals surface area (Å²) >= 11 is 6.03. The lowest BCUT2D eigenvalue weighted by Crippen LogP contribution is -2.45. The summed E-state index contributed by atoms with van der Waals surface area (Å²) < 4.78 is 29.2. The second-order valence-corrected chi connectivity index (χ2v) is 11.4. The molecule has 3 aromatic rings. The van der Waals surface area contributed by atoms with Crippen molar-refractivity contribution in [1.29, 1.82) is 0 Å². The van der Waals surface area contributed by atoms with Gasteiger partial charge in [-0.15, -0.1) is 0 Å². The molecule has 6 heteroatoms. The van der Waals surface area contributed by atoms with Gasteiger partial charge in [0.1, 0.15) is 0 Å². The standard InChI is InChI=1S/C25H29ClN2O2S/c1-25(17-19-11-13-20(26)14-12-19)15-6-16-28(18-25)31(29,30)24-10-5-7-21-22(24)8-4-9-23(21)27(2)3/h4-5,7-14H,6,15-18H2,1-3H3. The van der Waals surface area contributed by atoms with Crippen LogP contribution in [0.5, 0.6) is 0 Å². The Balaban J connectivity index is 1.67. The van der Waals surface area contributed by atoms with Gasteiger partial charge in [0.05, 0.1) is 4.90 Å². The first kappa shape index (κ1) is 22.1. The van der Waals surface area contributed by atoms with E-state index >= 15 is 0 Å². The zero-order valence-corrected chi connectivity index (χ0v) is 19.9. The zero-order chi connectivity index (χ0) is 22.2. The highest BCUT2D eigenvalue weighted by Gasteiger charge is 2.37. The van der Waals surface area contributed by atoms with Crippen LogP contribution in [0.2, 0.25) is 5.02 Å². The van der Waals surface area contributed by atoms with Gasteiger partial charge in [-0.25, -0.2) is 8.42 Å². The van der Waals surface area contributed by atoms with Crippen LogP contribution < -0.4 is 4.90 Å². The number of halogens is 1. The number of benzene rings is 3. The van der Waals surface area contributed by atoms with E-state index in [0.29, 0.717) is 18.0 Å². The predicted molar refractivity (Wildman–Crippen MR) is 130 cm³/mol. The first-order chi connectivity index (χ1) is 14.7. The number of nitrogens with zero attached hydrogens (tertiary/aromatic N) is 2. The summed E-state index contributed by atoms with van der Waals surface area (Å²) in [4.78, 5) is 2.41. The van der Waals surface area contributed by atoms with Crippen molar-refractivity contribution in [2.24, 2.45) is 5.41 Å². The highest BCUT2D eigenvalue weighted by Crippen LogP contribution is 2.38. The van der Waals surface area contributed by atoms with Gasteiger partial charge in [0.25, 0.3) is 0 Å². The van der Waals surface area contributed by atoms with Crippen molar-refractivity contribution in [2.45, 2.75) is 31.1 Å². The van der Waals surface area contributed by atoms with Crippen molar-refractivity contribution in [2.75, 3.05) is 32.1 Å². The van der Waals surface area contributed by atoms with E-state index in [9.17, 15) is 8.42 Å². The lowest BCUT2D eigenvalue weighted by Gasteiger charge is -2.40. The van der Waals surface area contributed by atoms with Gasteiger partial charge in [0.15, 0.2) is 0 Å². The SMILES string of the molecule is CN(C)c1cccc2c(S(=O)(=O)N3CCCC(C)(Cc4ccc(Cl)cc4)C3)cccc12. The van der Waals surface area contributed by atoms with Crippen LogP contribution in [0, 0.1) is 5.41 Å². The number of hydrogen-bond acceptors (Lipinski definition) is 3. The van der Waals surface area contributed by atoms with Gasteiger partial charge in [-0.3, -0.25) is 0 Å². The third kappa shape index (κ3) is 4.45. The van der Waals surface area contributed by atoms with Crippen LogP contribution in [0.1, 0.15) is 25.3 Å². The average molecular weight is 457 g/mol. The summed E-state index contributed by atoms with van der Waals surface area (Å²) in [6.45, 7) is 3.26. The van der Waals surface area contributed by atoms with Crippen molar-refractivity contribution in [3.63, 3.8) is 0 Å². The molecule has 164 valence electrons. The molecule has 1 aliphatic heterocycles. The Hall–Kier alpha value is -2.08. The van der Waals surface area contributed by atoms with E-state index in [4.69, 9.17) is 11.6 Å². The van der Waals surface area contributed by atoms with Gasteiger partial charge in [-0.2, -0.15) is 4.31 Å². The molecule has 1 heterocycles. The molecule has 0 bridgehead atoms. The minimum Gasteiger partial charge on any atom is -0.377 e. The van der Waals surface area contributed by atoms with Crippen LogP contribution in [0.3, 0.4) is 0 Å². The molecule has 0 radical (unpaired) electrons. The molecule has 1 atom stereocenters. The average Bonchev–Trinajstić information content (AvgIpc) is 2.74. The molecule has 1 aliphatic rings. The Morgan fingerprint density at radius 2 is 1.68 bits per heavy atom. The largest absolute Gasteiger partial charge is 0.377 e. The number of hydrogen-bond donors (Lipinski definition) is 0. The van der Waals surface area contributed by atoms with Crippen molar-refractivity contribution < 1.29 is 8.42 Å². The summed E-state index contributed by atoms with van der Waals surface area (Å²) in [5.41, 5.74) is 2.09. The molecule has 1 fully saturated rings. The summed E-state index contributed by atoms with van der Waals surface area (Å²) in [5, 5.41) is 2.45. The summed E-state index contributed by atoms with van der Waals surface area (Å²) in [5.74, 6) is 0. The van der Waals surface area contributed by atoms with E-state index < -0.39 is 10.0 Å². The highest BCUT2D eigenvalue weighted by molar-refractivity contribution is 7.89. The van der Waals surface area contributed by atoms with E-state index in [1.165, 1.54) is 5.56 Å². The smallest absolute Gasteiger partial charge is 0.243 e. The van der Waals surface area contributed by atoms with Crippen LogP contribution in [-0.2, 0) is 16.4 Å². The molecule has 0 aromatic heterocycles. The van der Waals surface area contributed by atoms with Gasteiger partial charge < -0.3 is 4.90 Å². The van der Waals surface area contributed by atoms with Gasteiger partial charge in [-0.1, -0.05) is 54.9 Å². The number of fused-ring (bicyclic) bond motifs is 1. The highest BCUT2D eigenvalue weighted by atomic mass is 35.5. The zero-order valence-electron chi connectivity index (χ0n) is 18.3. The van der Waals surface area contributed by atoms with Crippen molar-refractivity contribution >= 4 is 38.1 Å². The molecule has 0 N–H and O–H groups in total. The molecule has 1 saturated heterocycles. The second kappa shape index (κ2) is 8.45. The quantitative estimate of drug-likeness (QED) is 0.502. The maximum Gasteiger partial charge on any atom is 0.243 e. The van der Waals surface area contributed by atoms with Crippen LogP contribution in [-0.4, -0.2) is 39.9 Å². The topological polar surface area (TPSA) is 40.6 Å². The lowest BCUT2D eigenvalue weighted by molar-refractivity contribution is 0.165. The number of sulfonamides is 1. The minimum absolute atomic E-state index is 0.113. The van der Waals surface area contributed by atoms with Crippen LogP contribution >= 0.6 is 11.6 Å². The van der Waals surface area contributed by atoms with Crippen molar-refractivity contribution in [3.05, 3.63) is 71.2 Å². The maximum absolute atomic E-state index is 13.8. The molecule has 0 spiro atoms. The first-order valence-electron chi connectivity index (χ1n) is 10.6. The molecule has 31 heavy (non-hydrogen) atoms. The van der Waals surface area contributed by atoms with Crippen molar-refractivity contribution in [1.82, 2.24) is 4.31 Å². The summed E-state index contributed by atoms with van der Waals surface area (Å²) in [6, 6.07) is 19.3. The van der Waals surface area contributed by atoms with Gasteiger partial charge in [-0.05, 0) is 54.5 Å². The molecular formula is C25H29ClN2O2S.